The normalized spacial score (nSPS) is 24.7. The maximum Gasteiger partial charge on any atom is 0.472 e. The number of aromatic amines is 2. The molecule has 318 valence electrons. The van der Waals surface area contributed by atoms with E-state index in [0.717, 1.165) is 73.3 Å². The van der Waals surface area contributed by atoms with Crippen molar-refractivity contribution in [2.45, 2.75) is 141 Å². The summed E-state index contributed by atoms with van der Waals surface area (Å²) >= 11 is 0. The van der Waals surface area contributed by atoms with Crippen LogP contribution in [-0.2, 0) is 36.7 Å². The molecule has 0 aliphatic carbocycles. The Balaban J connectivity index is 0.981. The fourth-order valence-electron chi connectivity index (χ4n) is 6.63. The Hall–Kier alpha value is -2.58. The van der Waals surface area contributed by atoms with E-state index in [2.05, 4.69) is 9.97 Å². The predicted molar refractivity (Wildman–Crippen MR) is 200 cm³/mol. The number of aryl methyl sites for hydroxylation is 2. The summed E-state index contributed by atoms with van der Waals surface area (Å²) in [5.74, 6) is 0. The SMILES string of the molecule is Cc1cn([C@H]2C[C@H](OP(=O)(O)OCCCCCCCCCCCCCCOP(=O)(O)O[C@H]3C[C@H](n4cc(C)c(=O)[nH]c4=O)O[C@@H]3CO)[C@@H](CO)O2)c(=O)[nH]c1=O. The highest BCUT2D eigenvalue weighted by Gasteiger charge is 2.43. The first kappa shape index (κ1) is 46.1. The summed E-state index contributed by atoms with van der Waals surface area (Å²) in [7, 11) is -8.92. The molecule has 2 aromatic heterocycles. The third-order valence-electron chi connectivity index (χ3n) is 9.72. The molecular formula is C34H56N4O16P2. The van der Waals surface area contributed by atoms with Crippen LogP contribution in [0.15, 0.2) is 31.6 Å². The lowest BCUT2D eigenvalue weighted by molar-refractivity contribution is -0.0464. The van der Waals surface area contributed by atoms with Gasteiger partial charge in [-0.3, -0.25) is 46.8 Å². The van der Waals surface area contributed by atoms with Gasteiger partial charge in [0, 0.05) is 36.4 Å². The van der Waals surface area contributed by atoms with Gasteiger partial charge in [-0.2, -0.15) is 0 Å². The molecule has 20 nitrogen and oxygen atoms in total. The van der Waals surface area contributed by atoms with Gasteiger partial charge in [0.2, 0.25) is 0 Å². The van der Waals surface area contributed by atoms with Gasteiger partial charge in [-0.15, -0.1) is 0 Å². The molecule has 0 aromatic carbocycles. The third-order valence-corrected chi connectivity index (χ3v) is 11.8. The molecule has 2 fully saturated rings. The number of phosphoric ester groups is 2. The van der Waals surface area contributed by atoms with Crippen LogP contribution in [0.2, 0.25) is 0 Å². The molecule has 2 unspecified atom stereocenters. The van der Waals surface area contributed by atoms with Gasteiger partial charge >= 0.3 is 27.0 Å². The number of aliphatic hydroxyl groups is 2. The van der Waals surface area contributed by atoms with Crippen LogP contribution < -0.4 is 22.5 Å². The lowest BCUT2D eigenvalue weighted by Crippen LogP contribution is -2.33. The van der Waals surface area contributed by atoms with E-state index in [-0.39, 0.29) is 37.2 Å². The van der Waals surface area contributed by atoms with Crippen LogP contribution in [0.4, 0.5) is 0 Å². The molecule has 4 heterocycles. The van der Waals surface area contributed by atoms with Crippen molar-refractivity contribution in [3.8, 4) is 0 Å². The van der Waals surface area contributed by atoms with E-state index in [1.807, 2.05) is 0 Å². The number of aliphatic hydroxyl groups excluding tert-OH is 2. The number of nitrogens with one attached hydrogen (secondary N) is 2. The highest BCUT2D eigenvalue weighted by Crippen LogP contribution is 2.49. The molecule has 0 radical (unpaired) electrons. The second-order valence-corrected chi connectivity index (χ2v) is 17.0. The third kappa shape index (κ3) is 14.1. The Kier molecular flexibility index (Phi) is 18.1. The first-order valence-electron chi connectivity index (χ1n) is 19.1. The van der Waals surface area contributed by atoms with Crippen LogP contribution in [0.3, 0.4) is 0 Å². The number of rotatable bonds is 25. The minimum atomic E-state index is -4.46. The van der Waals surface area contributed by atoms with E-state index in [1.54, 1.807) is 0 Å². The summed E-state index contributed by atoms with van der Waals surface area (Å²) in [5, 5.41) is 19.4. The van der Waals surface area contributed by atoms with Gasteiger partial charge in [0.1, 0.15) is 36.9 Å². The summed E-state index contributed by atoms with van der Waals surface area (Å²) in [6.07, 6.45) is 7.86. The molecule has 0 bridgehead atoms. The molecular weight excluding hydrogens is 782 g/mol. The zero-order valence-corrected chi connectivity index (χ0v) is 33.6. The lowest BCUT2D eigenvalue weighted by atomic mass is 10.1. The molecule has 2 aliphatic heterocycles. The van der Waals surface area contributed by atoms with Crippen LogP contribution >= 0.6 is 15.6 Å². The molecule has 6 N–H and O–H groups in total. The van der Waals surface area contributed by atoms with Gasteiger partial charge in [-0.1, -0.05) is 64.2 Å². The predicted octanol–water partition coefficient (Wildman–Crippen LogP) is 2.95. The maximum absolute atomic E-state index is 12.6. The van der Waals surface area contributed by atoms with Crippen LogP contribution in [0.1, 0.15) is 113 Å². The standard InChI is InChI=1S/C34H56N4O16P2/c1-23-19-37(33(43)35-31(23)41)29-17-25(27(21-39)51-29)53-55(45,46)49-15-13-11-9-7-5-3-4-6-8-10-12-14-16-50-56(47,48)54-26-18-30(52-28(26)22-40)38-20-24(2)32(42)36-34(38)44/h19-20,25-30,39-40H,3-18,21-22H2,1-2H3,(H,45,46)(H,47,48)(H,35,41,43)(H,36,42,44)/t25-,26-,27+,28+,29+,30+/m0/s1. The summed E-state index contributed by atoms with van der Waals surface area (Å²) in [4.78, 5) is 72.6. The summed E-state index contributed by atoms with van der Waals surface area (Å²) in [6, 6.07) is 0. The molecule has 56 heavy (non-hydrogen) atoms. The molecule has 2 aliphatic rings. The molecule has 0 amide bonds. The molecule has 2 saturated heterocycles. The zero-order valence-electron chi connectivity index (χ0n) is 31.8. The van der Waals surface area contributed by atoms with Crippen molar-refractivity contribution < 1.29 is 56.7 Å². The molecule has 0 saturated carbocycles. The topological polar surface area (TPSA) is 280 Å². The van der Waals surface area contributed by atoms with Crippen LogP contribution in [0.25, 0.3) is 0 Å². The average Bonchev–Trinajstić information content (AvgIpc) is 3.73. The first-order valence-corrected chi connectivity index (χ1v) is 22.1. The number of phosphoric acid groups is 2. The molecule has 8 atom stereocenters. The number of nitrogens with zero attached hydrogens (tertiary/aromatic N) is 2. The lowest BCUT2D eigenvalue weighted by Gasteiger charge is -2.19. The van der Waals surface area contributed by atoms with Crippen molar-refractivity contribution in [2.75, 3.05) is 26.4 Å². The minimum absolute atomic E-state index is 0.00811. The van der Waals surface area contributed by atoms with Crippen LogP contribution in [0.5, 0.6) is 0 Å². The molecule has 4 rings (SSSR count). The van der Waals surface area contributed by atoms with E-state index in [4.69, 9.17) is 27.6 Å². The largest absolute Gasteiger partial charge is 0.472 e. The van der Waals surface area contributed by atoms with Crippen molar-refractivity contribution in [3.63, 3.8) is 0 Å². The molecule has 0 spiro atoms. The fourth-order valence-corrected chi connectivity index (χ4v) is 8.60. The number of unbranched alkanes of at least 4 members (excludes halogenated alkanes) is 11. The second-order valence-electron chi connectivity index (χ2n) is 14.2. The van der Waals surface area contributed by atoms with Gasteiger partial charge < -0.3 is 29.5 Å². The first-order chi connectivity index (χ1) is 26.6. The monoisotopic (exact) mass is 838 g/mol. The van der Waals surface area contributed by atoms with E-state index in [0.29, 0.717) is 12.8 Å². The van der Waals surface area contributed by atoms with Crippen LogP contribution in [0, 0.1) is 13.8 Å². The Bertz CT molecular complexity index is 1750. The Morgan fingerprint density at radius 1 is 0.625 bits per heavy atom. The highest BCUT2D eigenvalue weighted by molar-refractivity contribution is 7.47. The quantitative estimate of drug-likeness (QED) is 0.0619. The van der Waals surface area contributed by atoms with Crippen molar-refractivity contribution in [2.24, 2.45) is 0 Å². The van der Waals surface area contributed by atoms with Gasteiger partial charge in [0.25, 0.3) is 11.1 Å². The van der Waals surface area contributed by atoms with Crippen molar-refractivity contribution in [3.05, 3.63) is 65.2 Å². The molecule has 2 aromatic rings. The highest BCUT2D eigenvalue weighted by atomic mass is 31.2. The Morgan fingerprint density at radius 3 is 1.27 bits per heavy atom. The van der Waals surface area contributed by atoms with Crippen molar-refractivity contribution >= 4 is 15.6 Å². The number of H-pyrrole nitrogens is 2. The maximum atomic E-state index is 12.6. The fraction of sp³-hybridized carbons (Fsp3) is 0.765. The number of ether oxygens (including phenoxy) is 2. The Morgan fingerprint density at radius 2 is 0.946 bits per heavy atom. The van der Waals surface area contributed by atoms with Crippen molar-refractivity contribution in [1.29, 1.82) is 0 Å². The van der Waals surface area contributed by atoms with E-state index < -0.39 is 88.2 Å². The number of hydrogen-bond donors (Lipinski definition) is 6. The van der Waals surface area contributed by atoms with Gasteiger partial charge in [0.15, 0.2) is 0 Å². The van der Waals surface area contributed by atoms with Crippen molar-refractivity contribution in [1.82, 2.24) is 19.1 Å². The van der Waals surface area contributed by atoms with E-state index in [1.165, 1.54) is 26.2 Å². The van der Waals surface area contributed by atoms with Gasteiger partial charge in [-0.05, 0) is 26.7 Å². The number of hydrogen-bond acceptors (Lipinski definition) is 14. The number of aromatic nitrogens is 4. The van der Waals surface area contributed by atoms with Gasteiger partial charge in [0.05, 0.1) is 26.4 Å². The smallest absolute Gasteiger partial charge is 0.394 e. The minimum Gasteiger partial charge on any atom is -0.394 e. The van der Waals surface area contributed by atoms with Crippen LogP contribution in [-0.4, -0.2) is 89.9 Å². The zero-order chi connectivity index (χ0) is 40.9. The van der Waals surface area contributed by atoms with E-state index >= 15 is 0 Å². The molecule has 22 heteroatoms. The Labute approximate surface area is 323 Å². The van der Waals surface area contributed by atoms with Gasteiger partial charge in [-0.25, -0.2) is 18.7 Å². The van der Waals surface area contributed by atoms with E-state index in [9.17, 15) is 48.3 Å². The second kappa shape index (κ2) is 22.0. The summed E-state index contributed by atoms with van der Waals surface area (Å²) in [5.41, 5.74) is -1.91. The summed E-state index contributed by atoms with van der Waals surface area (Å²) < 4.78 is 59.6. The summed E-state index contributed by atoms with van der Waals surface area (Å²) in [6.45, 7) is 2.06. The average molecular weight is 839 g/mol.